The number of sulfonamides is 1. The van der Waals surface area contributed by atoms with Crippen LogP contribution in [0.25, 0.3) is 0 Å². The van der Waals surface area contributed by atoms with Gasteiger partial charge in [-0.3, -0.25) is 14.9 Å². The largest absolute Gasteiger partial charge is 0.383 e. The number of ether oxygens (including phenoxy) is 1. The minimum Gasteiger partial charge on any atom is -0.383 e. The van der Waals surface area contributed by atoms with Gasteiger partial charge in [-0.2, -0.15) is 4.31 Å². The number of hydrogen-bond donors (Lipinski definition) is 0. The van der Waals surface area contributed by atoms with Crippen molar-refractivity contribution < 1.29 is 22.9 Å². The maximum atomic E-state index is 13.1. The van der Waals surface area contributed by atoms with Crippen molar-refractivity contribution in [2.75, 3.05) is 33.4 Å². The molecule has 1 aliphatic heterocycles. The van der Waals surface area contributed by atoms with E-state index in [4.69, 9.17) is 4.74 Å². The Kier molecular flexibility index (Phi) is 6.80. The molecule has 0 aliphatic carbocycles. The van der Waals surface area contributed by atoms with Gasteiger partial charge < -0.3 is 9.64 Å². The average molecular weight is 433 g/mol. The minimum atomic E-state index is -4.03. The zero-order valence-electron chi connectivity index (χ0n) is 16.6. The number of fused-ring (bicyclic) bond motifs is 1. The van der Waals surface area contributed by atoms with Gasteiger partial charge in [-0.1, -0.05) is 24.3 Å². The summed E-state index contributed by atoms with van der Waals surface area (Å²) < 4.78 is 32.2. The normalized spacial score (nSPS) is 13.9. The third-order valence-corrected chi connectivity index (χ3v) is 6.88. The number of carbonyl (C=O) groups excluding carboxylic acids is 1. The molecule has 1 aliphatic rings. The molecule has 3 rings (SSSR count). The standard InChI is InChI=1S/C20H23N3O6S/c1-29-13-12-22(30(27,28)19-8-6-18(7-9-19)23(25)26)15-20(24)21-11-10-16-4-2-3-5-17(16)14-21/h2-9H,10-15H2,1H3. The SMILES string of the molecule is COCCN(CC(=O)N1CCc2ccccc2C1)S(=O)(=O)c1ccc([N+](=O)[O-])cc1. The van der Waals surface area contributed by atoms with Crippen LogP contribution >= 0.6 is 0 Å². The fourth-order valence-electron chi connectivity index (χ4n) is 3.33. The van der Waals surface area contributed by atoms with Gasteiger partial charge in [0.15, 0.2) is 0 Å². The van der Waals surface area contributed by atoms with Crippen LogP contribution in [-0.2, 0) is 32.5 Å². The minimum absolute atomic E-state index is 0.00795. The monoisotopic (exact) mass is 433 g/mol. The number of carbonyl (C=O) groups is 1. The van der Waals surface area contributed by atoms with Crippen LogP contribution in [0.5, 0.6) is 0 Å². The summed E-state index contributed by atoms with van der Waals surface area (Å²) in [4.78, 5) is 24.7. The first-order valence-electron chi connectivity index (χ1n) is 9.41. The molecular formula is C20H23N3O6S. The molecular weight excluding hydrogens is 410 g/mol. The van der Waals surface area contributed by atoms with Crippen molar-refractivity contribution >= 4 is 21.6 Å². The molecule has 0 atom stereocenters. The second-order valence-electron chi connectivity index (χ2n) is 6.92. The Morgan fingerprint density at radius 2 is 1.83 bits per heavy atom. The van der Waals surface area contributed by atoms with Gasteiger partial charge in [0.05, 0.1) is 23.0 Å². The molecule has 30 heavy (non-hydrogen) atoms. The fraction of sp³-hybridized carbons (Fsp3) is 0.350. The lowest BCUT2D eigenvalue weighted by molar-refractivity contribution is -0.384. The van der Waals surface area contributed by atoms with Crippen molar-refractivity contribution in [3.05, 3.63) is 69.8 Å². The van der Waals surface area contributed by atoms with Crippen molar-refractivity contribution in [1.29, 1.82) is 0 Å². The maximum absolute atomic E-state index is 13.1. The first-order valence-corrected chi connectivity index (χ1v) is 10.8. The van der Waals surface area contributed by atoms with E-state index in [0.29, 0.717) is 13.1 Å². The van der Waals surface area contributed by atoms with Gasteiger partial charge in [0.1, 0.15) is 0 Å². The van der Waals surface area contributed by atoms with Gasteiger partial charge in [0.25, 0.3) is 5.69 Å². The van der Waals surface area contributed by atoms with Gasteiger partial charge in [-0.25, -0.2) is 8.42 Å². The van der Waals surface area contributed by atoms with Gasteiger partial charge in [-0.15, -0.1) is 0 Å². The topological polar surface area (TPSA) is 110 Å². The number of amides is 1. The quantitative estimate of drug-likeness (QED) is 0.464. The Hall–Kier alpha value is -2.82. The maximum Gasteiger partial charge on any atom is 0.269 e. The zero-order valence-corrected chi connectivity index (χ0v) is 17.4. The van der Waals surface area contributed by atoms with Crippen LogP contribution in [0.1, 0.15) is 11.1 Å². The lowest BCUT2D eigenvalue weighted by Gasteiger charge is -2.31. The van der Waals surface area contributed by atoms with E-state index in [-0.39, 0.29) is 36.2 Å². The van der Waals surface area contributed by atoms with E-state index in [1.165, 1.54) is 24.8 Å². The molecule has 0 saturated carbocycles. The summed E-state index contributed by atoms with van der Waals surface area (Å²) in [7, 11) is -2.58. The van der Waals surface area contributed by atoms with E-state index in [9.17, 15) is 23.3 Å². The van der Waals surface area contributed by atoms with Crippen LogP contribution < -0.4 is 0 Å². The molecule has 2 aromatic rings. The lowest BCUT2D eigenvalue weighted by atomic mass is 10.00. The molecule has 0 unspecified atom stereocenters. The van der Waals surface area contributed by atoms with Crippen LogP contribution in [0.2, 0.25) is 0 Å². The summed E-state index contributed by atoms with van der Waals surface area (Å²) in [6.45, 7) is 0.732. The van der Waals surface area contributed by atoms with Crippen molar-refractivity contribution in [3.8, 4) is 0 Å². The number of nitrogens with zero attached hydrogens (tertiary/aromatic N) is 3. The van der Waals surface area contributed by atoms with Gasteiger partial charge in [0, 0.05) is 38.9 Å². The molecule has 0 bridgehead atoms. The van der Waals surface area contributed by atoms with Crippen LogP contribution in [0, 0.1) is 10.1 Å². The molecule has 160 valence electrons. The number of non-ortho nitro benzene ring substituents is 1. The molecule has 2 aromatic carbocycles. The van der Waals surface area contributed by atoms with Gasteiger partial charge in [0.2, 0.25) is 15.9 Å². The van der Waals surface area contributed by atoms with Crippen molar-refractivity contribution in [1.82, 2.24) is 9.21 Å². The van der Waals surface area contributed by atoms with Gasteiger partial charge in [-0.05, 0) is 29.7 Å². The molecule has 9 nitrogen and oxygen atoms in total. The van der Waals surface area contributed by atoms with Crippen molar-refractivity contribution in [2.24, 2.45) is 0 Å². The number of nitro benzene ring substituents is 1. The summed E-state index contributed by atoms with van der Waals surface area (Å²) >= 11 is 0. The van der Waals surface area contributed by atoms with Crippen LogP contribution in [-0.4, -0.2) is 61.8 Å². The molecule has 0 aromatic heterocycles. The van der Waals surface area contributed by atoms with E-state index >= 15 is 0 Å². The van der Waals surface area contributed by atoms with Crippen molar-refractivity contribution in [2.45, 2.75) is 17.9 Å². The highest BCUT2D eigenvalue weighted by Crippen LogP contribution is 2.22. The Bertz CT molecular complexity index is 1020. The summed E-state index contributed by atoms with van der Waals surface area (Å²) in [6.07, 6.45) is 0.717. The smallest absolute Gasteiger partial charge is 0.269 e. The number of nitro groups is 1. The zero-order chi connectivity index (χ0) is 21.7. The fourth-order valence-corrected chi connectivity index (χ4v) is 4.70. The predicted molar refractivity (Wildman–Crippen MR) is 109 cm³/mol. The highest BCUT2D eigenvalue weighted by atomic mass is 32.2. The second kappa shape index (κ2) is 9.33. The van der Waals surface area contributed by atoms with E-state index in [0.717, 1.165) is 28.4 Å². The number of benzene rings is 2. The van der Waals surface area contributed by atoms with E-state index in [1.54, 1.807) is 4.90 Å². The summed E-state index contributed by atoms with van der Waals surface area (Å²) in [5.41, 5.74) is 2.04. The molecule has 10 heteroatoms. The second-order valence-corrected chi connectivity index (χ2v) is 8.85. The number of rotatable bonds is 8. The first kappa shape index (κ1) is 21.9. The molecule has 0 N–H and O–H groups in total. The van der Waals surface area contributed by atoms with Crippen LogP contribution in [0.15, 0.2) is 53.4 Å². The Morgan fingerprint density at radius 3 is 2.47 bits per heavy atom. The van der Waals surface area contributed by atoms with E-state index in [1.807, 2.05) is 24.3 Å². The van der Waals surface area contributed by atoms with E-state index < -0.39 is 14.9 Å². The van der Waals surface area contributed by atoms with Crippen molar-refractivity contribution in [3.63, 3.8) is 0 Å². The molecule has 1 amide bonds. The Labute approximate surface area is 175 Å². The third-order valence-electron chi connectivity index (χ3n) is 5.03. The summed E-state index contributed by atoms with van der Waals surface area (Å²) in [6, 6.07) is 12.5. The number of methoxy groups -OCH3 is 1. The Balaban J connectivity index is 1.78. The molecule has 1 heterocycles. The molecule has 0 radical (unpaired) electrons. The summed E-state index contributed by atoms with van der Waals surface area (Å²) in [5.74, 6) is -0.300. The molecule has 0 fully saturated rings. The lowest BCUT2D eigenvalue weighted by Crippen LogP contribution is -2.45. The first-order chi connectivity index (χ1) is 14.3. The number of hydrogen-bond acceptors (Lipinski definition) is 6. The Morgan fingerprint density at radius 1 is 1.17 bits per heavy atom. The van der Waals surface area contributed by atoms with Crippen LogP contribution in [0.3, 0.4) is 0 Å². The summed E-state index contributed by atoms with van der Waals surface area (Å²) in [5, 5.41) is 10.8. The van der Waals surface area contributed by atoms with E-state index in [2.05, 4.69) is 0 Å². The highest BCUT2D eigenvalue weighted by molar-refractivity contribution is 7.89. The van der Waals surface area contributed by atoms with Crippen LogP contribution in [0.4, 0.5) is 5.69 Å². The highest BCUT2D eigenvalue weighted by Gasteiger charge is 2.30. The predicted octanol–water partition coefficient (Wildman–Crippen LogP) is 1.82. The van der Waals surface area contributed by atoms with Gasteiger partial charge >= 0.3 is 0 Å². The molecule has 0 spiro atoms. The third kappa shape index (κ3) is 4.84. The molecule has 0 saturated heterocycles. The average Bonchev–Trinajstić information content (AvgIpc) is 2.76.